The number of rotatable bonds is 4. The van der Waals surface area contributed by atoms with Crippen molar-refractivity contribution in [2.45, 2.75) is 6.61 Å². The Hall–Kier alpha value is -3.28. The molecule has 24 heavy (non-hydrogen) atoms. The molecule has 0 unspecified atom stereocenters. The molecule has 6 heteroatoms. The third kappa shape index (κ3) is 3.38. The molecule has 0 bridgehead atoms. The van der Waals surface area contributed by atoms with Crippen molar-refractivity contribution in [1.29, 1.82) is 0 Å². The van der Waals surface area contributed by atoms with E-state index in [0.717, 1.165) is 0 Å². The van der Waals surface area contributed by atoms with Gasteiger partial charge in [-0.1, -0.05) is 12.1 Å². The summed E-state index contributed by atoms with van der Waals surface area (Å²) in [5, 5.41) is 0. The molecule has 0 saturated heterocycles. The number of esters is 2. The van der Waals surface area contributed by atoms with Crippen LogP contribution in [0.4, 0.5) is 0 Å². The molecule has 1 aromatic heterocycles. The van der Waals surface area contributed by atoms with Crippen LogP contribution in [-0.4, -0.2) is 29.0 Å². The van der Waals surface area contributed by atoms with Crippen molar-refractivity contribution >= 4 is 23.0 Å². The van der Waals surface area contributed by atoms with Gasteiger partial charge in [0.05, 0.1) is 29.3 Å². The van der Waals surface area contributed by atoms with Crippen molar-refractivity contribution in [3.05, 3.63) is 71.5 Å². The van der Waals surface area contributed by atoms with E-state index in [0.29, 0.717) is 27.7 Å². The fourth-order valence-electron chi connectivity index (χ4n) is 2.23. The third-order valence-corrected chi connectivity index (χ3v) is 3.42. The van der Waals surface area contributed by atoms with Gasteiger partial charge in [0.25, 0.3) is 0 Å². The van der Waals surface area contributed by atoms with Gasteiger partial charge in [-0.2, -0.15) is 0 Å². The highest BCUT2D eigenvalue weighted by Gasteiger charge is 2.10. The Morgan fingerprint density at radius 3 is 2.46 bits per heavy atom. The van der Waals surface area contributed by atoms with E-state index in [9.17, 15) is 9.59 Å². The predicted octanol–water partition coefficient (Wildman–Crippen LogP) is 2.77. The number of hydrogen-bond donors (Lipinski definition) is 0. The summed E-state index contributed by atoms with van der Waals surface area (Å²) < 4.78 is 9.96. The first-order chi connectivity index (χ1) is 11.7. The molecule has 120 valence electrons. The molecule has 1 heterocycles. The Balaban J connectivity index is 1.71. The summed E-state index contributed by atoms with van der Waals surface area (Å²) in [7, 11) is 1.32. The van der Waals surface area contributed by atoms with Crippen molar-refractivity contribution < 1.29 is 19.1 Å². The van der Waals surface area contributed by atoms with Crippen LogP contribution < -0.4 is 0 Å². The number of ether oxygens (including phenoxy) is 2. The maximum Gasteiger partial charge on any atom is 0.338 e. The largest absolute Gasteiger partial charge is 0.465 e. The monoisotopic (exact) mass is 322 g/mol. The molecule has 0 aliphatic carbocycles. The number of benzene rings is 2. The lowest BCUT2D eigenvalue weighted by molar-refractivity contribution is 0.0473. The van der Waals surface area contributed by atoms with Gasteiger partial charge >= 0.3 is 11.9 Å². The average Bonchev–Trinajstić information content (AvgIpc) is 2.65. The molecule has 3 aromatic rings. The van der Waals surface area contributed by atoms with Gasteiger partial charge in [0.2, 0.25) is 0 Å². The number of nitrogens with zero attached hydrogens (tertiary/aromatic N) is 2. The first-order valence-electron chi connectivity index (χ1n) is 7.22. The molecule has 0 radical (unpaired) electrons. The lowest BCUT2D eigenvalue weighted by atomic mass is 10.1. The van der Waals surface area contributed by atoms with Crippen LogP contribution in [0.25, 0.3) is 11.0 Å². The smallest absolute Gasteiger partial charge is 0.338 e. The number of aromatic nitrogens is 2. The van der Waals surface area contributed by atoms with Gasteiger partial charge < -0.3 is 9.47 Å². The highest BCUT2D eigenvalue weighted by Crippen LogP contribution is 2.13. The van der Waals surface area contributed by atoms with Gasteiger partial charge in [-0.15, -0.1) is 0 Å². The summed E-state index contributed by atoms with van der Waals surface area (Å²) in [6, 6.07) is 11.7. The van der Waals surface area contributed by atoms with E-state index in [1.54, 1.807) is 54.9 Å². The summed E-state index contributed by atoms with van der Waals surface area (Å²) in [6.07, 6.45) is 3.16. The zero-order valence-electron chi connectivity index (χ0n) is 12.9. The number of hydrogen-bond acceptors (Lipinski definition) is 6. The van der Waals surface area contributed by atoms with E-state index in [2.05, 4.69) is 14.7 Å². The van der Waals surface area contributed by atoms with Crippen molar-refractivity contribution in [3.63, 3.8) is 0 Å². The maximum absolute atomic E-state index is 12.2. The highest BCUT2D eigenvalue weighted by molar-refractivity contribution is 5.93. The fraction of sp³-hybridized carbons (Fsp3) is 0.111. The van der Waals surface area contributed by atoms with Gasteiger partial charge in [0.1, 0.15) is 6.61 Å². The lowest BCUT2D eigenvalue weighted by Gasteiger charge is -2.07. The van der Waals surface area contributed by atoms with Crippen molar-refractivity contribution in [2.24, 2.45) is 0 Å². The minimum atomic E-state index is -0.467. The van der Waals surface area contributed by atoms with E-state index in [-0.39, 0.29) is 6.61 Å². The lowest BCUT2D eigenvalue weighted by Crippen LogP contribution is -2.07. The molecule has 0 atom stereocenters. The SMILES string of the molecule is COC(=O)c1cccc(COC(=O)c2ccc3nccnc3c2)c1. The van der Waals surface area contributed by atoms with E-state index < -0.39 is 11.9 Å². The summed E-state index contributed by atoms with van der Waals surface area (Å²) in [5.74, 6) is -0.901. The molecular weight excluding hydrogens is 308 g/mol. The summed E-state index contributed by atoms with van der Waals surface area (Å²) in [6.45, 7) is 0.0577. The molecule has 0 spiro atoms. The van der Waals surface area contributed by atoms with Gasteiger partial charge in [0, 0.05) is 12.4 Å². The number of carbonyl (C=O) groups is 2. The third-order valence-electron chi connectivity index (χ3n) is 3.42. The van der Waals surface area contributed by atoms with Crippen LogP contribution in [0, 0.1) is 0 Å². The summed E-state index contributed by atoms with van der Waals surface area (Å²) in [5.41, 5.74) is 2.84. The maximum atomic E-state index is 12.2. The van der Waals surface area contributed by atoms with Gasteiger partial charge in [0.15, 0.2) is 0 Å². The zero-order valence-corrected chi connectivity index (χ0v) is 12.9. The van der Waals surface area contributed by atoms with Crippen LogP contribution in [0.3, 0.4) is 0 Å². The fourth-order valence-corrected chi connectivity index (χ4v) is 2.23. The van der Waals surface area contributed by atoms with Crippen LogP contribution in [-0.2, 0) is 16.1 Å². The Bertz CT molecular complexity index is 908. The molecule has 0 N–H and O–H groups in total. The van der Waals surface area contributed by atoms with Crippen LogP contribution in [0.5, 0.6) is 0 Å². The van der Waals surface area contributed by atoms with Gasteiger partial charge in [-0.3, -0.25) is 9.97 Å². The van der Waals surface area contributed by atoms with Crippen LogP contribution in [0.1, 0.15) is 26.3 Å². The van der Waals surface area contributed by atoms with Crippen molar-refractivity contribution in [2.75, 3.05) is 7.11 Å². The molecule has 0 fully saturated rings. The standard InChI is InChI=1S/C18H14N2O4/c1-23-17(21)13-4-2-3-12(9-13)11-24-18(22)14-5-6-15-16(10-14)20-8-7-19-15/h2-10H,11H2,1H3. The van der Waals surface area contributed by atoms with E-state index in [1.807, 2.05) is 0 Å². The Morgan fingerprint density at radius 2 is 1.67 bits per heavy atom. The zero-order chi connectivity index (χ0) is 16.9. The summed E-state index contributed by atoms with van der Waals surface area (Å²) >= 11 is 0. The Kier molecular flexibility index (Phi) is 4.47. The summed E-state index contributed by atoms with van der Waals surface area (Å²) in [4.78, 5) is 32.0. The molecule has 6 nitrogen and oxygen atoms in total. The Morgan fingerprint density at radius 1 is 0.917 bits per heavy atom. The second-order valence-electron chi connectivity index (χ2n) is 5.03. The predicted molar refractivity (Wildman–Crippen MR) is 86.4 cm³/mol. The van der Waals surface area contributed by atoms with E-state index in [4.69, 9.17) is 4.74 Å². The normalized spacial score (nSPS) is 10.4. The first kappa shape index (κ1) is 15.6. The Labute approximate surface area is 138 Å². The second-order valence-corrected chi connectivity index (χ2v) is 5.03. The molecule has 0 amide bonds. The number of fused-ring (bicyclic) bond motifs is 1. The van der Waals surface area contributed by atoms with Crippen molar-refractivity contribution in [1.82, 2.24) is 9.97 Å². The van der Waals surface area contributed by atoms with Crippen LogP contribution in [0.15, 0.2) is 54.9 Å². The second kappa shape index (κ2) is 6.87. The number of carbonyl (C=O) groups excluding carboxylic acids is 2. The van der Waals surface area contributed by atoms with Crippen LogP contribution >= 0.6 is 0 Å². The molecule has 0 aliphatic rings. The molecule has 0 aliphatic heterocycles. The van der Waals surface area contributed by atoms with Gasteiger partial charge in [-0.25, -0.2) is 9.59 Å². The quantitative estimate of drug-likeness (QED) is 0.687. The highest BCUT2D eigenvalue weighted by atomic mass is 16.5. The molecule has 3 rings (SSSR count). The average molecular weight is 322 g/mol. The number of methoxy groups -OCH3 is 1. The van der Waals surface area contributed by atoms with E-state index in [1.165, 1.54) is 7.11 Å². The minimum absolute atomic E-state index is 0.0577. The van der Waals surface area contributed by atoms with Crippen molar-refractivity contribution in [3.8, 4) is 0 Å². The topological polar surface area (TPSA) is 78.4 Å². The van der Waals surface area contributed by atoms with Crippen LogP contribution in [0.2, 0.25) is 0 Å². The molecular formula is C18H14N2O4. The minimum Gasteiger partial charge on any atom is -0.465 e. The first-order valence-corrected chi connectivity index (χ1v) is 7.22. The van der Waals surface area contributed by atoms with Gasteiger partial charge in [-0.05, 0) is 35.9 Å². The molecule has 0 saturated carbocycles. The molecule has 2 aromatic carbocycles. The van der Waals surface area contributed by atoms with E-state index >= 15 is 0 Å².